The van der Waals surface area contributed by atoms with Gasteiger partial charge in [0, 0.05) is 38.1 Å². The predicted molar refractivity (Wildman–Crippen MR) is 95.8 cm³/mol. The van der Waals surface area contributed by atoms with Gasteiger partial charge in [-0.15, -0.1) is 0 Å². The third kappa shape index (κ3) is 3.30. The maximum absolute atomic E-state index is 13.1. The van der Waals surface area contributed by atoms with Crippen LogP contribution in [0, 0.1) is 12.8 Å². The molecule has 4 rings (SSSR count). The topological polar surface area (TPSA) is 52.7 Å². The number of amides is 2. The minimum absolute atomic E-state index is 0.110. The molecule has 3 aliphatic rings. The SMILES string of the molecule is Cc1ccc(CN2CC(C(=O)N3C4CCNCC3CC4)CC2=O)cc1. The zero-order valence-electron chi connectivity index (χ0n) is 14.9. The molecule has 3 unspecified atom stereocenters. The summed E-state index contributed by atoms with van der Waals surface area (Å²) in [6.07, 6.45) is 3.62. The predicted octanol–water partition coefficient (Wildman–Crippen LogP) is 1.70. The third-order valence-corrected chi connectivity index (χ3v) is 5.97. The second-order valence-corrected chi connectivity index (χ2v) is 7.78. The van der Waals surface area contributed by atoms with Gasteiger partial charge in [-0.1, -0.05) is 29.8 Å². The Bertz CT molecular complexity index is 643. The van der Waals surface area contributed by atoms with Gasteiger partial charge in [0.15, 0.2) is 0 Å². The Balaban J connectivity index is 1.43. The largest absolute Gasteiger partial charge is 0.338 e. The highest BCUT2D eigenvalue weighted by atomic mass is 16.2. The van der Waals surface area contributed by atoms with Gasteiger partial charge in [-0.25, -0.2) is 0 Å². The van der Waals surface area contributed by atoms with Crippen molar-refractivity contribution in [2.24, 2.45) is 5.92 Å². The van der Waals surface area contributed by atoms with Gasteiger partial charge >= 0.3 is 0 Å². The maximum Gasteiger partial charge on any atom is 0.228 e. The van der Waals surface area contributed by atoms with E-state index < -0.39 is 0 Å². The molecular formula is C20H27N3O2. The van der Waals surface area contributed by atoms with E-state index in [0.29, 0.717) is 31.6 Å². The van der Waals surface area contributed by atoms with Crippen LogP contribution in [0.5, 0.6) is 0 Å². The molecule has 3 aliphatic heterocycles. The van der Waals surface area contributed by atoms with Crippen LogP contribution in [0.2, 0.25) is 0 Å². The summed E-state index contributed by atoms with van der Waals surface area (Å²) in [7, 11) is 0. The average molecular weight is 341 g/mol. The van der Waals surface area contributed by atoms with E-state index in [4.69, 9.17) is 0 Å². The normalized spacial score (nSPS) is 29.2. The molecule has 2 amide bonds. The highest BCUT2D eigenvalue weighted by Gasteiger charge is 2.43. The van der Waals surface area contributed by atoms with Crippen LogP contribution in [0.1, 0.15) is 36.8 Å². The minimum Gasteiger partial charge on any atom is -0.338 e. The number of hydrogen-bond acceptors (Lipinski definition) is 3. The number of hydrogen-bond donors (Lipinski definition) is 1. The molecule has 5 heteroatoms. The number of rotatable bonds is 3. The van der Waals surface area contributed by atoms with E-state index in [9.17, 15) is 9.59 Å². The fourth-order valence-electron chi connectivity index (χ4n) is 4.56. The van der Waals surface area contributed by atoms with E-state index in [1.807, 2.05) is 4.90 Å². The van der Waals surface area contributed by atoms with E-state index in [1.54, 1.807) is 0 Å². The van der Waals surface area contributed by atoms with Crippen LogP contribution in [-0.4, -0.2) is 53.3 Å². The number of benzene rings is 1. The number of nitrogens with zero attached hydrogens (tertiary/aromatic N) is 2. The van der Waals surface area contributed by atoms with E-state index >= 15 is 0 Å². The molecule has 0 spiro atoms. The smallest absolute Gasteiger partial charge is 0.228 e. The monoisotopic (exact) mass is 341 g/mol. The molecule has 134 valence electrons. The Kier molecular flexibility index (Phi) is 4.50. The third-order valence-electron chi connectivity index (χ3n) is 5.97. The zero-order chi connectivity index (χ0) is 17.4. The Morgan fingerprint density at radius 2 is 1.92 bits per heavy atom. The summed E-state index contributed by atoms with van der Waals surface area (Å²) in [5.41, 5.74) is 2.35. The van der Waals surface area contributed by atoms with Crippen LogP contribution in [-0.2, 0) is 16.1 Å². The molecule has 1 N–H and O–H groups in total. The molecule has 0 saturated carbocycles. The Morgan fingerprint density at radius 1 is 1.16 bits per heavy atom. The highest BCUT2D eigenvalue weighted by Crippen LogP contribution is 2.32. The van der Waals surface area contributed by atoms with E-state index in [0.717, 1.165) is 37.9 Å². The summed E-state index contributed by atoms with van der Waals surface area (Å²) in [6.45, 7) is 5.13. The maximum atomic E-state index is 13.1. The summed E-state index contributed by atoms with van der Waals surface area (Å²) in [6, 6.07) is 8.97. The van der Waals surface area contributed by atoms with Crippen LogP contribution in [0.4, 0.5) is 0 Å². The summed E-state index contributed by atoms with van der Waals surface area (Å²) in [5.74, 6) is 0.148. The van der Waals surface area contributed by atoms with Gasteiger partial charge in [0.2, 0.25) is 11.8 Å². The van der Waals surface area contributed by atoms with Gasteiger partial charge in [-0.05, 0) is 38.3 Å². The minimum atomic E-state index is -0.167. The molecule has 3 fully saturated rings. The lowest BCUT2D eigenvalue weighted by Gasteiger charge is -2.30. The van der Waals surface area contributed by atoms with Crippen LogP contribution >= 0.6 is 0 Å². The number of likely N-dealkylation sites (tertiary alicyclic amines) is 1. The van der Waals surface area contributed by atoms with Crippen molar-refractivity contribution < 1.29 is 9.59 Å². The zero-order valence-corrected chi connectivity index (χ0v) is 14.9. The van der Waals surface area contributed by atoms with Crippen molar-refractivity contribution in [1.82, 2.24) is 15.1 Å². The molecule has 3 saturated heterocycles. The Labute approximate surface area is 149 Å². The second kappa shape index (κ2) is 6.79. The molecule has 0 radical (unpaired) electrons. The van der Waals surface area contributed by atoms with Gasteiger partial charge in [-0.2, -0.15) is 0 Å². The van der Waals surface area contributed by atoms with Gasteiger partial charge in [0.25, 0.3) is 0 Å². The first-order valence-corrected chi connectivity index (χ1v) is 9.48. The number of carbonyl (C=O) groups is 2. The van der Waals surface area contributed by atoms with E-state index in [2.05, 4.69) is 41.4 Å². The Hall–Kier alpha value is -1.88. The van der Waals surface area contributed by atoms with Gasteiger partial charge in [0.05, 0.1) is 5.92 Å². The van der Waals surface area contributed by atoms with Crippen LogP contribution < -0.4 is 5.32 Å². The lowest BCUT2D eigenvalue weighted by Crippen LogP contribution is -2.46. The molecule has 0 aromatic heterocycles. The van der Waals surface area contributed by atoms with Gasteiger partial charge in [-0.3, -0.25) is 9.59 Å². The fourth-order valence-corrected chi connectivity index (χ4v) is 4.56. The molecular weight excluding hydrogens is 314 g/mol. The number of aryl methyl sites for hydroxylation is 1. The number of carbonyl (C=O) groups excluding carboxylic acids is 2. The summed E-state index contributed by atoms with van der Waals surface area (Å²) < 4.78 is 0. The van der Waals surface area contributed by atoms with E-state index in [-0.39, 0.29) is 17.7 Å². The lowest BCUT2D eigenvalue weighted by atomic mass is 10.1. The Morgan fingerprint density at radius 3 is 2.72 bits per heavy atom. The molecule has 3 atom stereocenters. The van der Waals surface area contributed by atoms with Crippen molar-refractivity contribution in [2.75, 3.05) is 19.6 Å². The van der Waals surface area contributed by atoms with Crippen LogP contribution in [0.15, 0.2) is 24.3 Å². The number of fused-ring (bicyclic) bond motifs is 2. The number of nitrogens with one attached hydrogen (secondary N) is 1. The molecule has 0 aliphatic carbocycles. The van der Waals surface area contributed by atoms with Crippen LogP contribution in [0.25, 0.3) is 0 Å². The molecule has 1 aromatic carbocycles. The standard InChI is InChI=1S/C20H27N3O2/c1-14-2-4-15(5-3-14)12-22-13-16(10-19(22)24)20(25)23-17-6-7-18(23)11-21-9-8-17/h2-5,16-18,21H,6-13H2,1H3. The molecule has 1 aromatic rings. The van der Waals surface area contributed by atoms with Gasteiger partial charge in [0.1, 0.15) is 0 Å². The van der Waals surface area contributed by atoms with Crippen LogP contribution in [0.3, 0.4) is 0 Å². The van der Waals surface area contributed by atoms with Crippen molar-refractivity contribution >= 4 is 11.8 Å². The van der Waals surface area contributed by atoms with Gasteiger partial charge < -0.3 is 15.1 Å². The van der Waals surface area contributed by atoms with Crippen molar-refractivity contribution in [1.29, 1.82) is 0 Å². The van der Waals surface area contributed by atoms with Crippen molar-refractivity contribution in [2.45, 2.75) is 51.2 Å². The van der Waals surface area contributed by atoms with E-state index in [1.165, 1.54) is 5.56 Å². The molecule has 25 heavy (non-hydrogen) atoms. The summed E-state index contributed by atoms with van der Waals surface area (Å²) >= 11 is 0. The average Bonchev–Trinajstić information content (AvgIpc) is 3.08. The summed E-state index contributed by atoms with van der Waals surface area (Å²) in [5, 5.41) is 3.44. The second-order valence-electron chi connectivity index (χ2n) is 7.78. The molecule has 5 nitrogen and oxygen atoms in total. The summed E-state index contributed by atoms with van der Waals surface area (Å²) in [4.78, 5) is 29.5. The first-order chi connectivity index (χ1) is 12.1. The quantitative estimate of drug-likeness (QED) is 0.910. The highest BCUT2D eigenvalue weighted by molar-refractivity contribution is 5.89. The molecule has 3 heterocycles. The van der Waals surface area contributed by atoms with Crippen molar-refractivity contribution in [3.8, 4) is 0 Å². The fraction of sp³-hybridized carbons (Fsp3) is 0.600. The van der Waals surface area contributed by atoms with Crippen molar-refractivity contribution in [3.05, 3.63) is 35.4 Å². The molecule has 2 bridgehead atoms. The van der Waals surface area contributed by atoms with Crippen molar-refractivity contribution in [3.63, 3.8) is 0 Å². The lowest BCUT2D eigenvalue weighted by molar-refractivity contribution is -0.138. The first-order valence-electron chi connectivity index (χ1n) is 9.48. The first kappa shape index (κ1) is 16.6.